The van der Waals surface area contributed by atoms with Crippen LogP contribution in [0.15, 0.2) is 53.4 Å². The van der Waals surface area contributed by atoms with Gasteiger partial charge in [-0.25, -0.2) is 4.79 Å². The van der Waals surface area contributed by atoms with Crippen LogP contribution in [-0.2, 0) is 14.3 Å². The number of alkyl halides is 3. The maximum absolute atomic E-state index is 12.2. The summed E-state index contributed by atoms with van der Waals surface area (Å²) in [4.78, 5) is 36.1. The third-order valence-electron chi connectivity index (χ3n) is 3.62. The minimum absolute atomic E-state index is 0.0181. The van der Waals surface area contributed by atoms with Crippen LogP contribution in [0.1, 0.15) is 15.9 Å². The van der Waals surface area contributed by atoms with Gasteiger partial charge in [0.05, 0.1) is 11.3 Å². The van der Waals surface area contributed by atoms with Crippen molar-refractivity contribution in [3.63, 3.8) is 0 Å². The van der Waals surface area contributed by atoms with Gasteiger partial charge in [-0.05, 0) is 31.2 Å². The van der Waals surface area contributed by atoms with E-state index >= 15 is 0 Å². The lowest BCUT2D eigenvalue weighted by atomic mass is 10.2. The molecule has 0 aliphatic heterocycles. The highest BCUT2D eigenvalue weighted by Gasteiger charge is 2.28. The van der Waals surface area contributed by atoms with E-state index in [0.29, 0.717) is 10.6 Å². The second-order valence-electron chi connectivity index (χ2n) is 6.17. The molecule has 0 aliphatic rings. The summed E-state index contributed by atoms with van der Waals surface area (Å²) in [5, 5.41) is 4.35. The number of benzene rings is 2. The number of carbonyl (C=O) groups excluding carboxylic acids is 3. The number of amides is 2. The van der Waals surface area contributed by atoms with Gasteiger partial charge in [-0.1, -0.05) is 29.8 Å². The molecule has 0 heterocycles. The van der Waals surface area contributed by atoms with Gasteiger partial charge in [0, 0.05) is 10.6 Å². The van der Waals surface area contributed by atoms with E-state index in [2.05, 4.69) is 5.32 Å². The van der Waals surface area contributed by atoms with Crippen molar-refractivity contribution in [3.05, 3.63) is 59.7 Å². The average Bonchev–Trinajstić information content (AvgIpc) is 2.70. The lowest BCUT2D eigenvalue weighted by molar-refractivity contribution is -0.140. The van der Waals surface area contributed by atoms with E-state index < -0.39 is 31.2 Å². The summed E-state index contributed by atoms with van der Waals surface area (Å²) in [5.41, 5.74) is 1.81. The minimum Gasteiger partial charge on any atom is -0.452 e. The van der Waals surface area contributed by atoms with E-state index in [1.54, 1.807) is 35.6 Å². The van der Waals surface area contributed by atoms with Crippen molar-refractivity contribution in [2.45, 2.75) is 18.0 Å². The molecule has 0 spiro atoms. The van der Waals surface area contributed by atoms with Crippen molar-refractivity contribution in [1.29, 1.82) is 0 Å². The lowest BCUT2D eigenvalue weighted by Crippen LogP contribution is -2.36. The van der Waals surface area contributed by atoms with Crippen molar-refractivity contribution in [2.24, 2.45) is 0 Å². The number of hydrogen-bond acceptors (Lipinski definition) is 5. The third-order valence-corrected chi connectivity index (χ3v) is 4.69. The summed E-state index contributed by atoms with van der Waals surface area (Å²) >= 11 is 1.09. The van der Waals surface area contributed by atoms with Crippen molar-refractivity contribution in [3.8, 4) is 0 Å². The molecule has 2 aromatic rings. The number of hydrogen-bond donors (Lipinski definition) is 2. The van der Waals surface area contributed by atoms with Crippen LogP contribution in [0.3, 0.4) is 0 Å². The highest BCUT2D eigenvalue weighted by molar-refractivity contribution is 8.00. The average molecular weight is 440 g/mol. The fourth-order valence-corrected chi connectivity index (χ4v) is 3.04. The number of anilines is 1. The number of nitrogens with one attached hydrogen (secondary N) is 2. The van der Waals surface area contributed by atoms with Crippen molar-refractivity contribution >= 4 is 35.2 Å². The second kappa shape index (κ2) is 10.7. The molecule has 10 heteroatoms. The van der Waals surface area contributed by atoms with E-state index in [1.165, 1.54) is 6.07 Å². The zero-order valence-electron chi connectivity index (χ0n) is 15.9. The van der Waals surface area contributed by atoms with Gasteiger partial charge in [-0.15, -0.1) is 11.8 Å². The number of ether oxygens (including phenoxy) is 1. The first-order valence-corrected chi connectivity index (χ1v) is 9.71. The highest BCUT2D eigenvalue weighted by Crippen LogP contribution is 2.23. The standard InChI is InChI=1S/C20H19F3N2O4S/c1-13-6-8-14(9-7-13)25-18(27)11-30-16-5-3-2-4-15(16)19(28)29-10-17(26)24-12-20(21,22)23/h2-9H,10-12H2,1H3,(H,24,26)(H,25,27). The maximum atomic E-state index is 12.2. The summed E-state index contributed by atoms with van der Waals surface area (Å²) < 4.78 is 41.0. The molecule has 30 heavy (non-hydrogen) atoms. The molecule has 0 aromatic heterocycles. The monoisotopic (exact) mass is 440 g/mol. The van der Waals surface area contributed by atoms with Gasteiger partial charge in [0.1, 0.15) is 6.54 Å². The molecule has 2 amide bonds. The normalized spacial score (nSPS) is 10.9. The van der Waals surface area contributed by atoms with Gasteiger partial charge >= 0.3 is 12.1 Å². The molecule has 0 saturated heterocycles. The molecule has 0 unspecified atom stereocenters. The molecule has 2 aromatic carbocycles. The number of halogens is 3. The number of rotatable bonds is 8. The molecular formula is C20H19F3N2O4S. The molecule has 0 saturated carbocycles. The Morgan fingerprint density at radius 3 is 2.33 bits per heavy atom. The molecule has 6 nitrogen and oxygen atoms in total. The van der Waals surface area contributed by atoms with Crippen LogP contribution in [-0.4, -0.2) is 42.9 Å². The van der Waals surface area contributed by atoms with E-state index in [9.17, 15) is 27.6 Å². The van der Waals surface area contributed by atoms with Gasteiger partial charge in [0.2, 0.25) is 5.91 Å². The molecular weight excluding hydrogens is 421 g/mol. The summed E-state index contributed by atoms with van der Waals surface area (Å²) in [6.07, 6.45) is -4.55. The fraction of sp³-hybridized carbons (Fsp3) is 0.250. The largest absolute Gasteiger partial charge is 0.452 e. The molecule has 2 N–H and O–H groups in total. The van der Waals surface area contributed by atoms with Crippen molar-refractivity contribution in [1.82, 2.24) is 5.32 Å². The summed E-state index contributed by atoms with van der Waals surface area (Å²) in [6.45, 7) is -0.425. The summed E-state index contributed by atoms with van der Waals surface area (Å²) in [5.74, 6) is -2.20. The van der Waals surface area contributed by atoms with Crippen LogP contribution < -0.4 is 10.6 Å². The van der Waals surface area contributed by atoms with Crippen LogP contribution in [0, 0.1) is 6.92 Å². The van der Waals surface area contributed by atoms with Gasteiger partial charge in [-0.3, -0.25) is 9.59 Å². The topological polar surface area (TPSA) is 84.5 Å². The summed E-state index contributed by atoms with van der Waals surface area (Å²) in [7, 11) is 0. The van der Waals surface area contributed by atoms with Crippen molar-refractivity contribution in [2.75, 3.05) is 24.2 Å². The molecule has 0 bridgehead atoms. The molecule has 0 radical (unpaired) electrons. The number of thioether (sulfide) groups is 1. The second-order valence-corrected chi connectivity index (χ2v) is 7.18. The fourth-order valence-electron chi connectivity index (χ4n) is 2.20. The van der Waals surface area contributed by atoms with E-state index in [-0.39, 0.29) is 17.2 Å². The van der Waals surface area contributed by atoms with Gasteiger partial charge in [0.25, 0.3) is 5.91 Å². The first kappa shape index (κ1) is 23.3. The Labute approximate surface area is 175 Å². The number of carbonyl (C=O) groups is 3. The van der Waals surface area contributed by atoms with E-state index in [1.807, 2.05) is 19.1 Å². The maximum Gasteiger partial charge on any atom is 0.405 e. The van der Waals surface area contributed by atoms with E-state index in [0.717, 1.165) is 17.3 Å². The Balaban J connectivity index is 1.88. The van der Waals surface area contributed by atoms with Crippen LogP contribution in [0.25, 0.3) is 0 Å². The molecule has 0 atom stereocenters. The molecule has 2 rings (SSSR count). The minimum atomic E-state index is -4.55. The lowest BCUT2D eigenvalue weighted by Gasteiger charge is -2.11. The highest BCUT2D eigenvalue weighted by atomic mass is 32.2. The Kier molecular flexibility index (Phi) is 8.28. The number of esters is 1. The Morgan fingerprint density at radius 2 is 1.67 bits per heavy atom. The molecule has 160 valence electrons. The first-order chi connectivity index (χ1) is 14.1. The van der Waals surface area contributed by atoms with Gasteiger partial charge in [-0.2, -0.15) is 13.2 Å². The summed E-state index contributed by atoms with van der Waals surface area (Å²) in [6, 6.07) is 13.5. The number of aryl methyl sites for hydroxylation is 1. The first-order valence-electron chi connectivity index (χ1n) is 8.73. The molecule has 0 fully saturated rings. The van der Waals surface area contributed by atoms with Crippen LogP contribution in [0.2, 0.25) is 0 Å². The zero-order chi connectivity index (χ0) is 22.1. The van der Waals surface area contributed by atoms with Gasteiger partial charge < -0.3 is 15.4 Å². The Hall–Kier alpha value is -3.01. The van der Waals surface area contributed by atoms with Gasteiger partial charge in [0.15, 0.2) is 6.61 Å². The third kappa shape index (κ3) is 8.16. The molecule has 0 aliphatic carbocycles. The Morgan fingerprint density at radius 1 is 1.00 bits per heavy atom. The zero-order valence-corrected chi connectivity index (χ0v) is 16.7. The predicted octanol–water partition coefficient (Wildman–Crippen LogP) is 3.56. The van der Waals surface area contributed by atoms with Crippen LogP contribution >= 0.6 is 11.8 Å². The Bertz CT molecular complexity index is 902. The SMILES string of the molecule is Cc1ccc(NC(=O)CSc2ccccc2C(=O)OCC(=O)NCC(F)(F)F)cc1. The van der Waals surface area contributed by atoms with E-state index in [4.69, 9.17) is 4.74 Å². The quantitative estimate of drug-likeness (QED) is 0.484. The predicted molar refractivity (Wildman–Crippen MR) is 106 cm³/mol. The van der Waals surface area contributed by atoms with Crippen molar-refractivity contribution < 1.29 is 32.3 Å². The van der Waals surface area contributed by atoms with Crippen LogP contribution in [0.4, 0.5) is 18.9 Å². The van der Waals surface area contributed by atoms with Crippen LogP contribution in [0.5, 0.6) is 0 Å². The smallest absolute Gasteiger partial charge is 0.405 e.